The molecule has 22 heavy (non-hydrogen) atoms. The molecular formula is C16H21N5O. The molecule has 116 valence electrons. The highest BCUT2D eigenvalue weighted by atomic mass is 16.1. The Kier molecular flexibility index (Phi) is 4.09. The average Bonchev–Trinajstić information content (AvgIpc) is 2.53. The summed E-state index contributed by atoms with van der Waals surface area (Å²) in [6, 6.07) is 8.18. The average molecular weight is 299 g/mol. The monoisotopic (exact) mass is 299 g/mol. The zero-order valence-corrected chi connectivity index (χ0v) is 13.0. The van der Waals surface area contributed by atoms with Crippen LogP contribution in [0.1, 0.15) is 25.5 Å². The number of hydrogen-bond acceptors (Lipinski definition) is 5. The number of benzene rings is 1. The number of aryl methyl sites for hydroxylation is 1. The standard InChI is InChI=1S/C16H21N5O/c1-11-7-9-21(10-8-11)14-5-3-13(4-6-14)17-16-18-15(22)12(2)19-20-16/h3-6,11H,7-10H2,1-2H3,(H2,17,18,20,22). The minimum atomic E-state index is -0.225. The summed E-state index contributed by atoms with van der Waals surface area (Å²) >= 11 is 0. The Morgan fingerprint density at radius 2 is 1.86 bits per heavy atom. The first-order valence-corrected chi connectivity index (χ1v) is 7.67. The molecule has 0 amide bonds. The Balaban J connectivity index is 1.68. The van der Waals surface area contributed by atoms with E-state index in [0.29, 0.717) is 11.6 Å². The molecule has 1 saturated heterocycles. The Morgan fingerprint density at radius 1 is 1.18 bits per heavy atom. The van der Waals surface area contributed by atoms with E-state index in [9.17, 15) is 4.79 Å². The molecule has 2 aromatic rings. The third-order valence-corrected chi connectivity index (χ3v) is 4.14. The van der Waals surface area contributed by atoms with Crippen LogP contribution in [0, 0.1) is 12.8 Å². The zero-order chi connectivity index (χ0) is 15.5. The third-order valence-electron chi connectivity index (χ3n) is 4.14. The van der Waals surface area contributed by atoms with E-state index in [4.69, 9.17) is 0 Å². The van der Waals surface area contributed by atoms with Gasteiger partial charge in [-0.25, -0.2) is 0 Å². The summed E-state index contributed by atoms with van der Waals surface area (Å²) in [5.74, 6) is 1.18. The molecule has 1 aromatic carbocycles. The van der Waals surface area contributed by atoms with E-state index in [0.717, 1.165) is 24.7 Å². The van der Waals surface area contributed by atoms with Gasteiger partial charge in [-0.2, -0.15) is 0 Å². The molecule has 0 bridgehead atoms. The summed E-state index contributed by atoms with van der Waals surface area (Å²) in [5, 5.41) is 10.8. The molecule has 6 heteroatoms. The van der Waals surface area contributed by atoms with Crippen LogP contribution in [-0.2, 0) is 0 Å². The highest BCUT2D eigenvalue weighted by Crippen LogP contribution is 2.24. The van der Waals surface area contributed by atoms with Crippen molar-refractivity contribution in [2.24, 2.45) is 5.92 Å². The second-order valence-electron chi connectivity index (χ2n) is 5.93. The summed E-state index contributed by atoms with van der Waals surface area (Å²) in [6.07, 6.45) is 2.50. The largest absolute Gasteiger partial charge is 0.372 e. The maximum absolute atomic E-state index is 11.5. The Bertz CT molecular complexity index is 686. The van der Waals surface area contributed by atoms with E-state index in [1.807, 2.05) is 12.1 Å². The Labute approximate surface area is 129 Å². The van der Waals surface area contributed by atoms with Crippen LogP contribution in [0.4, 0.5) is 17.3 Å². The highest BCUT2D eigenvalue weighted by Gasteiger charge is 2.15. The van der Waals surface area contributed by atoms with Crippen LogP contribution in [0.15, 0.2) is 29.1 Å². The zero-order valence-electron chi connectivity index (χ0n) is 13.0. The van der Waals surface area contributed by atoms with Crippen molar-refractivity contribution in [1.29, 1.82) is 0 Å². The first-order valence-electron chi connectivity index (χ1n) is 7.67. The predicted octanol–water partition coefficient (Wildman–Crippen LogP) is 2.45. The van der Waals surface area contributed by atoms with Gasteiger partial charge in [0.1, 0.15) is 5.69 Å². The molecule has 0 unspecified atom stereocenters. The fourth-order valence-corrected chi connectivity index (χ4v) is 2.61. The number of aromatic nitrogens is 3. The lowest BCUT2D eigenvalue weighted by atomic mass is 9.99. The first-order chi connectivity index (χ1) is 10.6. The van der Waals surface area contributed by atoms with Gasteiger partial charge in [-0.15, -0.1) is 10.2 Å². The summed E-state index contributed by atoms with van der Waals surface area (Å²) in [7, 11) is 0. The molecule has 2 N–H and O–H groups in total. The van der Waals surface area contributed by atoms with Crippen LogP contribution in [0.2, 0.25) is 0 Å². The van der Waals surface area contributed by atoms with Gasteiger partial charge < -0.3 is 10.2 Å². The van der Waals surface area contributed by atoms with E-state index < -0.39 is 0 Å². The Hall–Kier alpha value is -2.37. The van der Waals surface area contributed by atoms with Crippen molar-refractivity contribution in [3.8, 4) is 0 Å². The van der Waals surface area contributed by atoms with Gasteiger partial charge in [0.25, 0.3) is 5.56 Å². The lowest BCUT2D eigenvalue weighted by Gasteiger charge is -2.32. The molecule has 1 aliphatic rings. The fraction of sp³-hybridized carbons (Fsp3) is 0.438. The van der Waals surface area contributed by atoms with Crippen molar-refractivity contribution in [2.45, 2.75) is 26.7 Å². The molecular weight excluding hydrogens is 278 g/mol. The molecule has 1 aromatic heterocycles. The maximum Gasteiger partial charge on any atom is 0.273 e. The third kappa shape index (κ3) is 3.27. The minimum absolute atomic E-state index is 0.225. The van der Waals surface area contributed by atoms with Crippen LogP contribution in [0.3, 0.4) is 0 Å². The quantitative estimate of drug-likeness (QED) is 0.910. The molecule has 2 heterocycles. The lowest BCUT2D eigenvalue weighted by molar-refractivity contribution is 0.438. The molecule has 3 rings (SSSR count). The van der Waals surface area contributed by atoms with Gasteiger partial charge in [-0.05, 0) is 49.9 Å². The molecule has 6 nitrogen and oxygen atoms in total. The van der Waals surface area contributed by atoms with Gasteiger partial charge in [0.15, 0.2) is 0 Å². The predicted molar refractivity (Wildman–Crippen MR) is 87.7 cm³/mol. The van der Waals surface area contributed by atoms with Crippen molar-refractivity contribution < 1.29 is 0 Å². The van der Waals surface area contributed by atoms with Crippen molar-refractivity contribution in [2.75, 3.05) is 23.3 Å². The number of piperidine rings is 1. The van der Waals surface area contributed by atoms with Crippen molar-refractivity contribution in [3.63, 3.8) is 0 Å². The number of aromatic amines is 1. The maximum atomic E-state index is 11.5. The van der Waals surface area contributed by atoms with Gasteiger partial charge in [0.05, 0.1) is 0 Å². The number of anilines is 3. The fourth-order valence-electron chi connectivity index (χ4n) is 2.61. The first kappa shape index (κ1) is 14.6. The molecule has 1 aliphatic heterocycles. The topological polar surface area (TPSA) is 73.9 Å². The van der Waals surface area contributed by atoms with Crippen LogP contribution >= 0.6 is 0 Å². The van der Waals surface area contributed by atoms with E-state index in [1.165, 1.54) is 18.5 Å². The number of rotatable bonds is 3. The van der Waals surface area contributed by atoms with Crippen molar-refractivity contribution >= 4 is 17.3 Å². The second-order valence-corrected chi connectivity index (χ2v) is 5.93. The normalized spacial score (nSPS) is 15.8. The van der Waals surface area contributed by atoms with Crippen LogP contribution in [0.25, 0.3) is 0 Å². The summed E-state index contributed by atoms with van der Waals surface area (Å²) in [4.78, 5) is 16.6. The molecule has 1 fully saturated rings. The SMILES string of the molecule is Cc1nnc(Nc2ccc(N3CCC(C)CC3)cc2)[nH]c1=O. The van der Waals surface area contributed by atoms with Gasteiger partial charge >= 0.3 is 0 Å². The molecule has 0 spiro atoms. The van der Waals surface area contributed by atoms with E-state index >= 15 is 0 Å². The molecule has 0 radical (unpaired) electrons. The second kappa shape index (κ2) is 6.17. The number of nitrogens with zero attached hydrogens (tertiary/aromatic N) is 3. The Morgan fingerprint density at radius 3 is 2.50 bits per heavy atom. The molecule has 0 atom stereocenters. The van der Waals surface area contributed by atoms with E-state index in [2.05, 4.69) is 44.5 Å². The van der Waals surface area contributed by atoms with Crippen LogP contribution < -0.4 is 15.8 Å². The van der Waals surface area contributed by atoms with E-state index in [-0.39, 0.29) is 5.56 Å². The molecule has 0 aliphatic carbocycles. The summed E-state index contributed by atoms with van der Waals surface area (Å²) in [6.45, 7) is 6.17. The smallest absolute Gasteiger partial charge is 0.273 e. The number of H-pyrrole nitrogens is 1. The number of nitrogens with one attached hydrogen (secondary N) is 2. The van der Waals surface area contributed by atoms with Crippen LogP contribution in [-0.4, -0.2) is 28.3 Å². The van der Waals surface area contributed by atoms with Gasteiger partial charge in [-0.1, -0.05) is 6.92 Å². The number of hydrogen-bond donors (Lipinski definition) is 2. The summed E-state index contributed by atoms with van der Waals surface area (Å²) in [5.41, 5.74) is 2.25. The molecule has 0 saturated carbocycles. The van der Waals surface area contributed by atoms with Gasteiger partial charge in [-0.3, -0.25) is 9.78 Å². The summed E-state index contributed by atoms with van der Waals surface area (Å²) < 4.78 is 0. The van der Waals surface area contributed by atoms with Gasteiger partial charge in [0.2, 0.25) is 5.95 Å². The highest BCUT2D eigenvalue weighted by molar-refractivity contribution is 5.59. The minimum Gasteiger partial charge on any atom is -0.372 e. The lowest BCUT2D eigenvalue weighted by Crippen LogP contribution is -2.32. The van der Waals surface area contributed by atoms with Crippen LogP contribution in [0.5, 0.6) is 0 Å². The van der Waals surface area contributed by atoms with Crippen molar-refractivity contribution in [3.05, 3.63) is 40.3 Å². The van der Waals surface area contributed by atoms with Gasteiger partial charge in [0, 0.05) is 24.5 Å². The van der Waals surface area contributed by atoms with Crippen molar-refractivity contribution in [1.82, 2.24) is 15.2 Å². The van der Waals surface area contributed by atoms with E-state index in [1.54, 1.807) is 6.92 Å².